The van der Waals surface area contributed by atoms with E-state index in [1.807, 2.05) is 18.3 Å². The molecule has 2 heterocycles. The highest BCUT2D eigenvalue weighted by atomic mass is 35.5. The molecule has 1 amide bonds. The number of nitrogens with one attached hydrogen (secondary N) is 1. The van der Waals surface area contributed by atoms with Gasteiger partial charge < -0.3 is 15.8 Å². The van der Waals surface area contributed by atoms with Crippen molar-refractivity contribution >= 4 is 40.6 Å². The number of aromatic nitrogens is 2. The lowest BCUT2D eigenvalue weighted by Gasteiger charge is -2.12. The van der Waals surface area contributed by atoms with Crippen LogP contribution in [-0.4, -0.2) is 29.0 Å². The van der Waals surface area contributed by atoms with Crippen LogP contribution in [0.2, 0.25) is 10.0 Å². The molecule has 130 valence electrons. The second-order valence-electron chi connectivity index (χ2n) is 5.39. The number of halogens is 2. The molecule has 8 heteroatoms. The van der Waals surface area contributed by atoms with Gasteiger partial charge in [0.25, 0.3) is 5.91 Å². The van der Waals surface area contributed by atoms with Crippen LogP contribution in [0.4, 0.5) is 5.82 Å². The molecule has 0 saturated heterocycles. The summed E-state index contributed by atoms with van der Waals surface area (Å²) in [5, 5.41) is 3.83. The van der Waals surface area contributed by atoms with Crippen LogP contribution in [0.15, 0.2) is 36.7 Å². The van der Waals surface area contributed by atoms with E-state index in [1.165, 1.54) is 7.11 Å². The number of carbonyl (C=O) groups is 1. The molecule has 0 radical (unpaired) electrons. The van der Waals surface area contributed by atoms with Crippen molar-refractivity contribution in [2.24, 2.45) is 5.73 Å². The summed E-state index contributed by atoms with van der Waals surface area (Å²) in [5.74, 6) is 0.269. The van der Waals surface area contributed by atoms with Gasteiger partial charge in [0, 0.05) is 41.0 Å². The molecular weight excluding hydrogens is 363 g/mol. The molecular formula is C17H16Cl2N4O2. The first-order valence-corrected chi connectivity index (χ1v) is 8.23. The van der Waals surface area contributed by atoms with E-state index in [9.17, 15) is 4.79 Å². The first kappa shape index (κ1) is 17.7. The monoisotopic (exact) mass is 378 g/mol. The van der Waals surface area contributed by atoms with Crippen molar-refractivity contribution in [1.82, 2.24) is 9.38 Å². The Hall–Kier alpha value is -2.12. The molecule has 0 bridgehead atoms. The van der Waals surface area contributed by atoms with Gasteiger partial charge in [0.05, 0.1) is 6.20 Å². The minimum absolute atomic E-state index is 0.0377. The lowest BCUT2D eigenvalue weighted by molar-refractivity contribution is -0.119. The number of nitrogens with zero attached hydrogens (tertiary/aromatic N) is 2. The third-order valence-electron chi connectivity index (χ3n) is 3.72. The summed E-state index contributed by atoms with van der Waals surface area (Å²) in [7, 11) is 1.46. The number of rotatable bonds is 5. The van der Waals surface area contributed by atoms with Gasteiger partial charge in [-0.1, -0.05) is 29.3 Å². The van der Waals surface area contributed by atoms with Crippen molar-refractivity contribution in [1.29, 1.82) is 0 Å². The number of hydrogen-bond acceptors (Lipinski definition) is 4. The van der Waals surface area contributed by atoms with Crippen molar-refractivity contribution in [3.63, 3.8) is 0 Å². The minimum Gasteiger partial charge on any atom is -0.375 e. The number of hydrogen-bond donors (Lipinski definition) is 2. The zero-order valence-electron chi connectivity index (χ0n) is 13.4. The van der Waals surface area contributed by atoms with Crippen molar-refractivity contribution < 1.29 is 9.53 Å². The van der Waals surface area contributed by atoms with Crippen LogP contribution in [-0.2, 0) is 16.1 Å². The van der Waals surface area contributed by atoms with Crippen molar-refractivity contribution in [3.8, 4) is 11.1 Å². The van der Waals surface area contributed by atoms with Gasteiger partial charge in [-0.25, -0.2) is 4.98 Å². The fourth-order valence-corrected chi connectivity index (χ4v) is 3.10. The van der Waals surface area contributed by atoms with Crippen molar-refractivity contribution in [2.45, 2.75) is 6.54 Å². The van der Waals surface area contributed by atoms with Gasteiger partial charge in [-0.2, -0.15) is 0 Å². The van der Waals surface area contributed by atoms with E-state index in [-0.39, 0.29) is 12.5 Å². The predicted molar refractivity (Wildman–Crippen MR) is 99.0 cm³/mol. The van der Waals surface area contributed by atoms with Gasteiger partial charge in [-0.05, 0) is 23.8 Å². The highest BCUT2D eigenvalue weighted by molar-refractivity contribution is 6.36. The van der Waals surface area contributed by atoms with E-state index < -0.39 is 0 Å². The van der Waals surface area contributed by atoms with Crippen LogP contribution in [0.25, 0.3) is 16.8 Å². The van der Waals surface area contributed by atoms with E-state index in [1.54, 1.807) is 22.7 Å². The summed E-state index contributed by atoms with van der Waals surface area (Å²) in [6.07, 6.45) is 3.43. The molecule has 0 spiro atoms. The Balaban J connectivity index is 2.12. The number of amides is 1. The van der Waals surface area contributed by atoms with E-state index in [2.05, 4.69) is 10.3 Å². The van der Waals surface area contributed by atoms with Crippen molar-refractivity contribution in [2.75, 3.05) is 19.0 Å². The fourth-order valence-electron chi connectivity index (χ4n) is 2.59. The maximum Gasteiger partial charge on any atom is 0.251 e. The molecule has 3 aromatic rings. The number of anilines is 1. The minimum atomic E-state index is -0.265. The second-order valence-corrected chi connectivity index (χ2v) is 6.24. The lowest BCUT2D eigenvalue weighted by atomic mass is 10.0. The number of fused-ring (bicyclic) bond motifs is 1. The van der Waals surface area contributed by atoms with Crippen LogP contribution in [0.1, 0.15) is 5.56 Å². The van der Waals surface area contributed by atoms with E-state index >= 15 is 0 Å². The summed E-state index contributed by atoms with van der Waals surface area (Å²) in [4.78, 5) is 16.1. The molecule has 0 aliphatic heterocycles. The molecule has 0 aliphatic carbocycles. The zero-order chi connectivity index (χ0) is 18.0. The molecule has 2 aromatic heterocycles. The van der Waals surface area contributed by atoms with Crippen LogP contribution in [0.3, 0.4) is 0 Å². The second kappa shape index (κ2) is 7.41. The van der Waals surface area contributed by atoms with Crippen LogP contribution in [0, 0.1) is 0 Å². The van der Waals surface area contributed by atoms with Gasteiger partial charge in [-0.15, -0.1) is 0 Å². The quantitative estimate of drug-likeness (QED) is 0.712. The molecule has 0 saturated carbocycles. The highest BCUT2D eigenvalue weighted by Crippen LogP contribution is 2.33. The molecule has 3 rings (SSSR count). The Morgan fingerprint density at radius 3 is 2.80 bits per heavy atom. The molecule has 0 aliphatic rings. The first-order valence-electron chi connectivity index (χ1n) is 7.47. The zero-order valence-corrected chi connectivity index (χ0v) is 14.9. The predicted octanol–water partition coefficient (Wildman–Crippen LogP) is 3.35. The summed E-state index contributed by atoms with van der Waals surface area (Å²) in [6.45, 7) is 0.285. The third kappa shape index (κ3) is 3.62. The Morgan fingerprint density at radius 1 is 1.32 bits per heavy atom. The summed E-state index contributed by atoms with van der Waals surface area (Å²) in [5.41, 5.74) is 9.09. The van der Waals surface area contributed by atoms with E-state index in [4.69, 9.17) is 33.7 Å². The van der Waals surface area contributed by atoms with E-state index in [0.29, 0.717) is 28.1 Å². The molecule has 0 atom stereocenters. The number of benzene rings is 1. The van der Waals surface area contributed by atoms with Gasteiger partial charge in [-0.3, -0.25) is 9.20 Å². The molecule has 1 aromatic carbocycles. The topological polar surface area (TPSA) is 81.6 Å². The molecule has 3 N–H and O–H groups in total. The number of pyridine rings is 1. The van der Waals surface area contributed by atoms with Gasteiger partial charge in [0.15, 0.2) is 0 Å². The van der Waals surface area contributed by atoms with Gasteiger partial charge in [0.2, 0.25) is 0 Å². The van der Waals surface area contributed by atoms with Gasteiger partial charge >= 0.3 is 0 Å². The normalized spacial score (nSPS) is 11.0. The summed E-state index contributed by atoms with van der Waals surface area (Å²) in [6, 6.07) is 7.15. The Kier molecular flexibility index (Phi) is 5.24. The molecule has 0 fully saturated rings. The smallest absolute Gasteiger partial charge is 0.251 e. The number of methoxy groups -OCH3 is 1. The number of carbonyl (C=O) groups excluding carboxylic acids is 1. The fraction of sp³-hybridized carbons (Fsp3) is 0.176. The summed E-state index contributed by atoms with van der Waals surface area (Å²) >= 11 is 12.3. The van der Waals surface area contributed by atoms with Gasteiger partial charge in [0.1, 0.15) is 18.1 Å². The standard InChI is InChI=1S/C17H16Cl2N4O2/c1-25-9-17(24)22-16-7-21-15-4-10(6-20)13(8-23(15)16)12-3-2-11(18)5-14(12)19/h2-5,7-8H,6,9,20H2,1H3,(H,22,24). The average Bonchev–Trinajstić information content (AvgIpc) is 2.96. The highest BCUT2D eigenvalue weighted by Gasteiger charge is 2.14. The Morgan fingerprint density at radius 2 is 2.12 bits per heavy atom. The third-order valence-corrected chi connectivity index (χ3v) is 4.26. The lowest BCUT2D eigenvalue weighted by Crippen LogP contribution is -2.18. The number of imidazole rings is 1. The molecule has 0 unspecified atom stereocenters. The van der Waals surface area contributed by atoms with Crippen LogP contribution in [0.5, 0.6) is 0 Å². The average molecular weight is 379 g/mol. The molecule has 6 nitrogen and oxygen atoms in total. The molecule has 25 heavy (non-hydrogen) atoms. The van der Waals surface area contributed by atoms with Crippen LogP contribution >= 0.6 is 23.2 Å². The van der Waals surface area contributed by atoms with Crippen LogP contribution < -0.4 is 11.1 Å². The SMILES string of the molecule is COCC(=O)Nc1cnc2cc(CN)c(-c3ccc(Cl)cc3Cl)cn12. The Bertz CT molecular complexity index is 940. The Labute approximate surface area is 154 Å². The van der Waals surface area contributed by atoms with Crippen molar-refractivity contribution in [3.05, 3.63) is 52.3 Å². The first-order chi connectivity index (χ1) is 12.0. The summed E-state index contributed by atoms with van der Waals surface area (Å²) < 4.78 is 6.60. The maximum absolute atomic E-state index is 11.8. The van der Waals surface area contributed by atoms with E-state index in [0.717, 1.165) is 16.7 Å². The number of nitrogens with two attached hydrogens (primary N) is 1. The number of ether oxygens (including phenoxy) is 1. The maximum atomic E-state index is 11.8. The largest absolute Gasteiger partial charge is 0.375 e.